The molecule has 0 radical (unpaired) electrons. The number of nitrogens with two attached hydrogens (primary N) is 1. The minimum Gasteiger partial charge on any atom is -0.398 e. The van der Waals surface area contributed by atoms with Crippen LogP contribution in [0.3, 0.4) is 0 Å². The molecule has 20 heavy (non-hydrogen) atoms. The van der Waals surface area contributed by atoms with Gasteiger partial charge in [0, 0.05) is 21.8 Å². The van der Waals surface area contributed by atoms with E-state index >= 15 is 0 Å². The highest BCUT2D eigenvalue weighted by Gasteiger charge is 2.11. The Morgan fingerprint density at radius 1 is 1.25 bits per heavy atom. The van der Waals surface area contributed by atoms with Gasteiger partial charge in [-0.25, -0.2) is 0 Å². The summed E-state index contributed by atoms with van der Waals surface area (Å²) in [4.78, 5) is 12.1. The fraction of sp³-hybridized carbons (Fsp3) is 0.188. The van der Waals surface area contributed by atoms with E-state index in [-0.39, 0.29) is 11.9 Å². The minimum atomic E-state index is -0.0888. The van der Waals surface area contributed by atoms with Crippen LogP contribution in [0.5, 0.6) is 0 Å². The SMILES string of the molecule is CC(Cc1ccccc1)NC(=O)c1ccc(N)c(Br)c1. The molecule has 4 heteroatoms. The second kappa shape index (κ2) is 6.57. The van der Waals surface area contributed by atoms with Crippen molar-refractivity contribution in [2.24, 2.45) is 0 Å². The Bertz CT molecular complexity index is 599. The van der Waals surface area contributed by atoms with Crippen molar-refractivity contribution in [3.05, 3.63) is 64.1 Å². The lowest BCUT2D eigenvalue weighted by molar-refractivity contribution is 0.0940. The summed E-state index contributed by atoms with van der Waals surface area (Å²) in [5.74, 6) is -0.0888. The Morgan fingerprint density at radius 3 is 2.60 bits per heavy atom. The number of anilines is 1. The number of halogens is 1. The van der Waals surface area contributed by atoms with Gasteiger partial charge in [-0.3, -0.25) is 4.79 Å². The molecule has 1 atom stereocenters. The van der Waals surface area contributed by atoms with Crippen LogP contribution in [0.15, 0.2) is 53.0 Å². The van der Waals surface area contributed by atoms with Gasteiger partial charge in [-0.2, -0.15) is 0 Å². The van der Waals surface area contributed by atoms with Crippen molar-refractivity contribution in [2.75, 3.05) is 5.73 Å². The van der Waals surface area contributed by atoms with Gasteiger partial charge in [0.1, 0.15) is 0 Å². The minimum absolute atomic E-state index is 0.0706. The van der Waals surface area contributed by atoms with Crippen LogP contribution in [0.25, 0.3) is 0 Å². The van der Waals surface area contributed by atoms with E-state index in [4.69, 9.17) is 5.73 Å². The quantitative estimate of drug-likeness (QED) is 0.843. The van der Waals surface area contributed by atoms with Gasteiger partial charge in [-0.15, -0.1) is 0 Å². The molecule has 0 aliphatic rings. The third kappa shape index (κ3) is 3.84. The molecule has 104 valence electrons. The molecule has 1 unspecified atom stereocenters. The van der Waals surface area contributed by atoms with Crippen LogP contribution in [-0.2, 0) is 6.42 Å². The summed E-state index contributed by atoms with van der Waals surface area (Å²) in [6, 6.07) is 15.4. The van der Waals surface area contributed by atoms with Crippen LogP contribution >= 0.6 is 15.9 Å². The standard InChI is InChI=1S/C16H17BrN2O/c1-11(9-12-5-3-2-4-6-12)19-16(20)13-7-8-15(18)14(17)10-13/h2-8,10-11H,9,18H2,1H3,(H,19,20). The van der Waals surface area contributed by atoms with E-state index in [1.54, 1.807) is 18.2 Å². The molecule has 2 rings (SSSR count). The molecule has 0 spiro atoms. The first-order valence-electron chi connectivity index (χ1n) is 6.46. The van der Waals surface area contributed by atoms with Crippen molar-refractivity contribution in [2.45, 2.75) is 19.4 Å². The Labute approximate surface area is 127 Å². The number of benzene rings is 2. The molecular weight excluding hydrogens is 316 g/mol. The lowest BCUT2D eigenvalue weighted by atomic mass is 10.1. The molecule has 2 aromatic carbocycles. The lowest BCUT2D eigenvalue weighted by Crippen LogP contribution is -2.34. The smallest absolute Gasteiger partial charge is 0.251 e. The topological polar surface area (TPSA) is 55.1 Å². The third-order valence-electron chi connectivity index (χ3n) is 3.02. The van der Waals surface area contributed by atoms with Crippen molar-refractivity contribution in [1.29, 1.82) is 0 Å². The van der Waals surface area contributed by atoms with Crippen LogP contribution in [-0.4, -0.2) is 11.9 Å². The first-order chi connectivity index (χ1) is 9.56. The van der Waals surface area contributed by atoms with Gasteiger partial charge in [0.05, 0.1) is 0 Å². The summed E-state index contributed by atoms with van der Waals surface area (Å²) in [7, 11) is 0. The average molecular weight is 333 g/mol. The predicted molar refractivity (Wildman–Crippen MR) is 85.6 cm³/mol. The number of carbonyl (C=O) groups excluding carboxylic acids is 1. The molecule has 0 aliphatic heterocycles. The summed E-state index contributed by atoms with van der Waals surface area (Å²) in [6.07, 6.45) is 0.808. The first kappa shape index (κ1) is 14.6. The Balaban J connectivity index is 1.98. The zero-order chi connectivity index (χ0) is 14.5. The number of hydrogen-bond acceptors (Lipinski definition) is 2. The molecule has 3 nitrogen and oxygen atoms in total. The maximum absolute atomic E-state index is 12.1. The lowest BCUT2D eigenvalue weighted by Gasteiger charge is -2.14. The average Bonchev–Trinajstić information content (AvgIpc) is 2.42. The summed E-state index contributed by atoms with van der Waals surface area (Å²) >= 11 is 3.33. The van der Waals surface area contributed by atoms with Crippen molar-refractivity contribution in [3.8, 4) is 0 Å². The highest BCUT2D eigenvalue weighted by molar-refractivity contribution is 9.10. The molecule has 1 amide bonds. The molecule has 0 saturated heterocycles. The summed E-state index contributed by atoms with van der Waals surface area (Å²) in [5.41, 5.74) is 8.15. The molecular formula is C16H17BrN2O. The highest BCUT2D eigenvalue weighted by atomic mass is 79.9. The van der Waals surface area contributed by atoms with Crippen molar-refractivity contribution < 1.29 is 4.79 Å². The Kier molecular flexibility index (Phi) is 4.79. The second-order valence-electron chi connectivity index (χ2n) is 4.80. The molecule has 0 aliphatic carbocycles. The first-order valence-corrected chi connectivity index (χ1v) is 7.25. The number of carbonyl (C=O) groups is 1. The number of amides is 1. The van der Waals surface area contributed by atoms with Gasteiger partial charge in [0.2, 0.25) is 0 Å². The van der Waals surface area contributed by atoms with Crippen molar-refractivity contribution in [3.63, 3.8) is 0 Å². The van der Waals surface area contributed by atoms with E-state index in [0.29, 0.717) is 11.3 Å². The van der Waals surface area contributed by atoms with Gasteiger partial charge in [0.25, 0.3) is 5.91 Å². The van der Waals surface area contributed by atoms with E-state index in [0.717, 1.165) is 10.9 Å². The normalized spacial score (nSPS) is 11.9. The van der Waals surface area contributed by atoms with E-state index < -0.39 is 0 Å². The van der Waals surface area contributed by atoms with Gasteiger partial charge in [-0.1, -0.05) is 30.3 Å². The van der Waals surface area contributed by atoms with Gasteiger partial charge >= 0.3 is 0 Å². The fourth-order valence-corrected chi connectivity index (χ4v) is 2.37. The summed E-state index contributed by atoms with van der Waals surface area (Å²) in [5, 5.41) is 2.99. The van der Waals surface area contributed by atoms with Gasteiger partial charge < -0.3 is 11.1 Å². The fourth-order valence-electron chi connectivity index (χ4n) is 1.99. The molecule has 0 bridgehead atoms. The largest absolute Gasteiger partial charge is 0.398 e. The zero-order valence-electron chi connectivity index (χ0n) is 11.3. The Hall–Kier alpha value is -1.81. The van der Waals surface area contributed by atoms with Crippen molar-refractivity contribution >= 4 is 27.5 Å². The molecule has 0 aromatic heterocycles. The van der Waals surface area contributed by atoms with E-state index in [1.807, 2.05) is 25.1 Å². The Morgan fingerprint density at radius 2 is 1.95 bits per heavy atom. The van der Waals surface area contributed by atoms with Crippen LogP contribution in [0.2, 0.25) is 0 Å². The summed E-state index contributed by atoms with van der Waals surface area (Å²) in [6.45, 7) is 2.00. The maximum atomic E-state index is 12.1. The van der Waals surface area contributed by atoms with Gasteiger partial charge in [-0.05, 0) is 53.0 Å². The van der Waals surface area contributed by atoms with Crippen LogP contribution in [0.4, 0.5) is 5.69 Å². The van der Waals surface area contributed by atoms with Crippen LogP contribution in [0.1, 0.15) is 22.8 Å². The number of nitrogens with one attached hydrogen (secondary N) is 1. The van der Waals surface area contributed by atoms with Crippen molar-refractivity contribution in [1.82, 2.24) is 5.32 Å². The van der Waals surface area contributed by atoms with E-state index in [9.17, 15) is 4.79 Å². The maximum Gasteiger partial charge on any atom is 0.251 e. The summed E-state index contributed by atoms with van der Waals surface area (Å²) < 4.78 is 0.737. The number of nitrogen functional groups attached to an aromatic ring is 1. The molecule has 0 heterocycles. The third-order valence-corrected chi connectivity index (χ3v) is 3.71. The van der Waals surface area contributed by atoms with Crippen LogP contribution in [0, 0.1) is 0 Å². The van der Waals surface area contributed by atoms with Crippen LogP contribution < -0.4 is 11.1 Å². The zero-order valence-corrected chi connectivity index (χ0v) is 12.9. The molecule has 2 aromatic rings. The molecule has 0 saturated carbocycles. The predicted octanol–water partition coefficient (Wildman–Crippen LogP) is 3.39. The number of hydrogen-bond donors (Lipinski definition) is 2. The molecule has 0 fully saturated rings. The van der Waals surface area contributed by atoms with Gasteiger partial charge in [0.15, 0.2) is 0 Å². The number of rotatable bonds is 4. The van der Waals surface area contributed by atoms with E-state index in [1.165, 1.54) is 5.56 Å². The highest BCUT2D eigenvalue weighted by Crippen LogP contribution is 2.20. The van der Waals surface area contributed by atoms with E-state index in [2.05, 4.69) is 33.4 Å². The second-order valence-corrected chi connectivity index (χ2v) is 5.65. The monoisotopic (exact) mass is 332 g/mol. The molecule has 3 N–H and O–H groups in total.